The molecule has 0 radical (unpaired) electrons. The van der Waals surface area contributed by atoms with Crippen LogP contribution in [0.3, 0.4) is 0 Å². The van der Waals surface area contributed by atoms with Gasteiger partial charge in [-0.3, -0.25) is 0 Å². The van der Waals surface area contributed by atoms with Gasteiger partial charge in [0.1, 0.15) is 6.04 Å². The largest absolute Gasteiger partial charge is 0.464 e. The molecule has 1 unspecified atom stereocenters. The molecular formula is C11H14BrNO2. The van der Waals surface area contributed by atoms with Gasteiger partial charge in [0.25, 0.3) is 0 Å². The first-order valence-electron chi connectivity index (χ1n) is 4.82. The Hall–Kier alpha value is -1.03. The Morgan fingerprint density at radius 3 is 2.60 bits per heavy atom. The lowest BCUT2D eigenvalue weighted by Gasteiger charge is -2.13. The molecule has 1 N–H and O–H groups in total. The van der Waals surface area contributed by atoms with Crippen molar-refractivity contribution < 1.29 is 9.53 Å². The standard InChI is InChI=1S/C11H14BrNO2/c1-3-15-11(14)8(2)13-10-6-4-9(12)5-7-10/h4-8,13H,3H2,1-2H3. The summed E-state index contributed by atoms with van der Waals surface area (Å²) in [4.78, 5) is 11.3. The maximum Gasteiger partial charge on any atom is 0.328 e. The van der Waals surface area contributed by atoms with Gasteiger partial charge in [-0.15, -0.1) is 0 Å². The highest BCUT2D eigenvalue weighted by atomic mass is 79.9. The highest BCUT2D eigenvalue weighted by Crippen LogP contribution is 2.14. The SMILES string of the molecule is CCOC(=O)C(C)Nc1ccc(Br)cc1. The van der Waals surface area contributed by atoms with E-state index in [1.165, 1.54) is 0 Å². The molecule has 0 fully saturated rings. The molecule has 0 aliphatic carbocycles. The van der Waals surface area contributed by atoms with Gasteiger partial charge in [-0.25, -0.2) is 4.79 Å². The van der Waals surface area contributed by atoms with Crippen LogP contribution in [-0.2, 0) is 9.53 Å². The number of carbonyl (C=O) groups excluding carboxylic acids is 1. The molecule has 0 amide bonds. The van der Waals surface area contributed by atoms with Crippen LogP contribution in [-0.4, -0.2) is 18.6 Å². The summed E-state index contributed by atoms with van der Waals surface area (Å²) in [5.74, 6) is -0.236. The molecule has 3 nitrogen and oxygen atoms in total. The van der Waals surface area contributed by atoms with E-state index in [1.54, 1.807) is 13.8 Å². The first-order valence-corrected chi connectivity index (χ1v) is 5.61. The van der Waals surface area contributed by atoms with Gasteiger partial charge < -0.3 is 10.1 Å². The van der Waals surface area contributed by atoms with Crippen LogP contribution in [0.15, 0.2) is 28.7 Å². The second-order valence-corrected chi connectivity index (χ2v) is 4.04. The van der Waals surface area contributed by atoms with E-state index in [4.69, 9.17) is 4.74 Å². The zero-order valence-electron chi connectivity index (χ0n) is 8.79. The molecular weight excluding hydrogens is 258 g/mol. The van der Waals surface area contributed by atoms with E-state index in [2.05, 4.69) is 21.2 Å². The average Bonchev–Trinajstić information content (AvgIpc) is 2.22. The minimum absolute atomic E-state index is 0.236. The van der Waals surface area contributed by atoms with Crippen molar-refractivity contribution >= 4 is 27.6 Å². The van der Waals surface area contributed by atoms with Crippen LogP contribution in [0.1, 0.15) is 13.8 Å². The van der Waals surface area contributed by atoms with Crippen LogP contribution in [0.4, 0.5) is 5.69 Å². The molecule has 1 aromatic carbocycles. The zero-order chi connectivity index (χ0) is 11.3. The summed E-state index contributed by atoms with van der Waals surface area (Å²) in [5, 5.41) is 3.06. The molecule has 4 heteroatoms. The highest BCUT2D eigenvalue weighted by molar-refractivity contribution is 9.10. The summed E-state index contributed by atoms with van der Waals surface area (Å²) in [6.07, 6.45) is 0. The molecule has 0 saturated carbocycles. The Morgan fingerprint density at radius 2 is 2.07 bits per heavy atom. The van der Waals surface area contributed by atoms with Gasteiger partial charge >= 0.3 is 5.97 Å². The molecule has 0 spiro atoms. The number of hydrogen-bond donors (Lipinski definition) is 1. The summed E-state index contributed by atoms with van der Waals surface area (Å²) < 4.78 is 5.90. The number of anilines is 1. The molecule has 1 aromatic rings. The second-order valence-electron chi connectivity index (χ2n) is 3.12. The number of carbonyl (C=O) groups is 1. The second kappa shape index (κ2) is 5.75. The minimum Gasteiger partial charge on any atom is -0.464 e. The van der Waals surface area contributed by atoms with Crippen molar-refractivity contribution in [3.63, 3.8) is 0 Å². The first-order chi connectivity index (χ1) is 7.13. The van der Waals surface area contributed by atoms with Gasteiger partial charge in [0.15, 0.2) is 0 Å². The lowest BCUT2D eigenvalue weighted by atomic mass is 10.2. The predicted octanol–water partition coefficient (Wildman–Crippen LogP) is 2.81. The summed E-state index contributed by atoms with van der Waals surface area (Å²) in [6, 6.07) is 7.31. The van der Waals surface area contributed by atoms with E-state index in [0.717, 1.165) is 10.2 Å². The third-order valence-electron chi connectivity index (χ3n) is 1.87. The summed E-state index contributed by atoms with van der Waals surface area (Å²) in [5.41, 5.74) is 0.902. The summed E-state index contributed by atoms with van der Waals surface area (Å²) >= 11 is 3.35. The van der Waals surface area contributed by atoms with Gasteiger partial charge in [-0.05, 0) is 38.1 Å². The smallest absolute Gasteiger partial charge is 0.328 e. The quantitative estimate of drug-likeness (QED) is 0.856. The van der Waals surface area contributed by atoms with Crippen LogP contribution >= 0.6 is 15.9 Å². The van der Waals surface area contributed by atoms with Gasteiger partial charge in [0.2, 0.25) is 0 Å². The lowest BCUT2D eigenvalue weighted by molar-refractivity contribution is -0.143. The number of rotatable bonds is 4. The van der Waals surface area contributed by atoms with E-state index in [9.17, 15) is 4.79 Å². The number of benzene rings is 1. The van der Waals surface area contributed by atoms with Crippen molar-refractivity contribution in [1.82, 2.24) is 0 Å². The van der Waals surface area contributed by atoms with Crippen molar-refractivity contribution in [3.8, 4) is 0 Å². The number of esters is 1. The molecule has 0 aromatic heterocycles. The van der Waals surface area contributed by atoms with E-state index in [0.29, 0.717) is 6.61 Å². The van der Waals surface area contributed by atoms with Crippen LogP contribution in [0, 0.1) is 0 Å². The molecule has 82 valence electrons. The van der Waals surface area contributed by atoms with E-state index < -0.39 is 0 Å². The Kier molecular flexibility index (Phi) is 4.62. The Labute approximate surface area is 97.9 Å². The topological polar surface area (TPSA) is 38.3 Å². The van der Waals surface area contributed by atoms with Gasteiger partial charge in [0.05, 0.1) is 6.61 Å². The maximum absolute atomic E-state index is 11.3. The fourth-order valence-electron chi connectivity index (χ4n) is 1.12. The van der Waals surface area contributed by atoms with E-state index >= 15 is 0 Å². The van der Waals surface area contributed by atoms with Crippen molar-refractivity contribution in [3.05, 3.63) is 28.7 Å². The molecule has 0 heterocycles. The van der Waals surface area contributed by atoms with Gasteiger partial charge in [0, 0.05) is 10.2 Å². The molecule has 0 aliphatic rings. The summed E-state index contributed by atoms with van der Waals surface area (Å²) in [6.45, 7) is 3.98. The van der Waals surface area contributed by atoms with E-state index in [-0.39, 0.29) is 12.0 Å². The van der Waals surface area contributed by atoms with Gasteiger partial charge in [-0.1, -0.05) is 15.9 Å². The van der Waals surface area contributed by atoms with Crippen molar-refractivity contribution in [1.29, 1.82) is 0 Å². The van der Waals surface area contributed by atoms with Gasteiger partial charge in [-0.2, -0.15) is 0 Å². The maximum atomic E-state index is 11.3. The molecule has 15 heavy (non-hydrogen) atoms. The fourth-order valence-corrected chi connectivity index (χ4v) is 1.39. The molecule has 0 saturated heterocycles. The molecule has 1 rings (SSSR count). The average molecular weight is 272 g/mol. The Balaban J connectivity index is 2.54. The minimum atomic E-state index is -0.328. The van der Waals surface area contributed by atoms with Crippen LogP contribution in [0.2, 0.25) is 0 Å². The normalized spacial score (nSPS) is 11.9. The number of nitrogens with one attached hydrogen (secondary N) is 1. The Bertz CT molecular complexity index is 324. The van der Waals surface area contributed by atoms with E-state index in [1.807, 2.05) is 24.3 Å². The third-order valence-corrected chi connectivity index (χ3v) is 2.40. The Morgan fingerprint density at radius 1 is 1.47 bits per heavy atom. The third kappa shape index (κ3) is 3.91. The van der Waals surface area contributed by atoms with Crippen LogP contribution in [0.25, 0.3) is 0 Å². The van der Waals surface area contributed by atoms with Crippen LogP contribution < -0.4 is 5.32 Å². The molecule has 0 aliphatic heterocycles. The first kappa shape index (κ1) is 12.0. The predicted molar refractivity (Wildman–Crippen MR) is 63.9 cm³/mol. The van der Waals surface area contributed by atoms with Crippen LogP contribution in [0.5, 0.6) is 0 Å². The molecule has 0 bridgehead atoms. The monoisotopic (exact) mass is 271 g/mol. The fraction of sp³-hybridized carbons (Fsp3) is 0.364. The lowest BCUT2D eigenvalue weighted by Crippen LogP contribution is -2.28. The zero-order valence-corrected chi connectivity index (χ0v) is 10.4. The summed E-state index contributed by atoms with van der Waals surface area (Å²) in [7, 11) is 0. The van der Waals surface area contributed by atoms with Crippen molar-refractivity contribution in [2.24, 2.45) is 0 Å². The van der Waals surface area contributed by atoms with Crippen molar-refractivity contribution in [2.45, 2.75) is 19.9 Å². The number of halogens is 1. The number of ether oxygens (including phenoxy) is 1. The van der Waals surface area contributed by atoms with Crippen molar-refractivity contribution in [2.75, 3.05) is 11.9 Å². The number of hydrogen-bond acceptors (Lipinski definition) is 3. The molecule has 1 atom stereocenters. The highest BCUT2D eigenvalue weighted by Gasteiger charge is 2.12.